The summed E-state index contributed by atoms with van der Waals surface area (Å²) in [6.07, 6.45) is 2.41. The second kappa shape index (κ2) is 6.12. The Morgan fingerprint density at radius 1 is 1.00 bits per heavy atom. The van der Waals surface area contributed by atoms with E-state index in [1.54, 1.807) is 0 Å². The highest BCUT2D eigenvalue weighted by molar-refractivity contribution is 6.62. The summed E-state index contributed by atoms with van der Waals surface area (Å²) in [5, 5.41) is 3.38. The summed E-state index contributed by atoms with van der Waals surface area (Å²) in [5.41, 5.74) is 1.81. The second-order valence-corrected chi connectivity index (χ2v) is 7.73. The van der Waals surface area contributed by atoms with E-state index in [-0.39, 0.29) is 18.3 Å². The molecule has 2 aliphatic rings. The van der Waals surface area contributed by atoms with Gasteiger partial charge < -0.3 is 19.5 Å². The predicted octanol–water partition coefficient (Wildman–Crippen LogP) is 2.17. The average molecular weight is 316 g/mol. The zero-order chi connectivity index (χ0) is 16.7. The lowest BCUT2D eigenvalue weighted by molar-refractivity contribution is 0.00578. The lowest BCUT2D eigenvalue weighted by Crippen LogP contribution is -2.41. The molecule has 1 N–H and O–H groups in total. The van der Waals surface area contributed by atoms with Gasteiger partial charge in [-0.1, -0.05) is 12.1 Å². The molecule has 0 amide bonds. The van der Waals surface area contributed by atoms with Gasteiger partial charge in [-0.3, -0.25) is 0 Å². The van der Waals surface area contributed by atoms with Gasteiger partial charge in [0, 0.05) is 24.8 Å². The van der Waals surface area contributed by atoms with Crippen molar-refractivity contribution in [1.82, 2.24) is 5.32 Å². The SMILES string of the molecule is CNC1CCN(c2ccc(B3OC(C)(C)C(C)(C)O3)cc2)CC1. The normalized spacial score (nSPS) is 24.2. The molecule has 2 fully saturated rings. The quantitative estimate of drug-likeness (QED) is 0.867. The third-order valence-corrected chi connectivity index (χ3v) is 5.69. The number of hydrogen-bond donors (Lipinski definition) is 1. The van der Waals surface area contributed by atoms with Crippen molar-refractivity contribution in [2.45, 2.75) is 57.8 Å². The van der Waals surface area contributed by atoms with E-state index in [9.17, 15) is 0 Å². The maximum Gasteiger partial charge on any atom is 0.494 e. The molecule has 5 heteroatoms. The first-order valence-electron chi connectivity index (χ1n) is 8.70. The van der Waals surface area contributed by atoms with E-state index >= 15 is 0 Å². The largest absolute Gasteiger partial charge is 0.494 e. The number of benzene rings is 1. The Labute approximate surface area is 140 Å². The van der Waals surface area contributed by atoms with Gasteiger partial charge in [-0.15, -0.1) is 0 Å². The van der Waals surface area contributed by atoms with Crippen LogP contribution in [0.1, 0.15) is 40.5 Å². The fraction of sp³-hybridized carbons (Fsp3) is 0.667. The highest BCUT2D eigenvalue weighted by atomic mass is 16.7. The molecule has 0 aliphatic carbocycles. The van der Waals surface area contributed by atoms with E-state index in [1.165, 1.54) is 18.5 Å². The van der Waals surface area contributed by atoms with E-state index in [2.05, 4.69) is 69.2 Å². The van der Waals surface area contributed by atoms with Gasteiger partial charge in [0.15, 0.2) is 0 Å². The van der Waals surface area contributed by atoms with Crippen LogP contribution in [0.3, 0.4) is 0 Å². The molecular weight excluding hydrogens is 287 g/mol. The molecule has 2 aliphatic heterocycles. The summed E-state index contributed by atoms with van der Waals surface area (Å²) < 4.78 is 12.2. The summed E-state index contributed by atoms with van der Waals surface area (Å²) in [6, 6.07) is 9.33. The summed E-state index contributed by atoms with van der Waals surface area (Å²) in [7, 11) is 1.78. The van der Waals surface area contributed by atoms with Crippen LogP contribution < -0.4 is 15.7 Å². The maximum absolute atomic E-state index is 6.12. The van der Waals surface area contributed by atoms with Gasteiger partial charge >= 0.3 is 7.12 Å². The van der Waals surface area contributed by atoms with Crippen molar-refractivity contribution >= 4 is 18.3 Å². The van der Waals surface area contributed by atoms with Gasteiger partial charge in [0.25, 0.3) is 0 Å². The fourth-order valence-electron chi connectivity index (χ4n) is 3.25. The number of nitrogens with zero attached hydrogens (tertiary/aromatic N) is 1. The Balaban J connectivity index is 1.67. The van der Waals surface area contributed by atoms with Crippen LogP contribution in [0.4, 0.5) is 5.69 Å². The molecule has 23 heavy (non-hydrogen) atoms. The van der Waals surface area contributed by atoms with E-state index in [0.717, 1.165) is 18.6 Å². The maximum atomic E-state index is 6.12. The van der Waals surface area contributed by atoms with Crippen LogP contribution in [0, 0.1) is 0 Å². The van der Waals surface area contributed by atoms with Crippen molar-refractivity contribution in [2.75, 3.05) is 25.0 Å². The van der Waals surface area contributed by atoms with Crippen molar-refractivity contribution in [2.24, 2.45) is 0 Å². The van der Waals surface area contributed by atoms with Crippen molar-refractivity contribution in [1.29, 1.82) is 0 Å². The number of rotatable bonds is 3. The summed E-state index contributed by atoms with van der Waals surface area (Å²) in [5.74, 6) is 0. The molecule has 2 heterocycles. The second-order valence-electron chi connectivity index (χ2n) is 7.73. The Morgan fingerprint density at radius 2 is 1.52 bits per heavy atom. The van der Waals surface area contributed by atoms with Gasteiger partial charge in [0.05, 0.1) is 11.2 Å². The molecule has 0 bridgehead atoms. The van der Waals surface area contributed by atoms with Crippen molar-refractivity contribution in [3.63, 3.8) is 0 Å². The average Bonchev–Trinajstić information content (AvgIpc) is 2.76. The highest BCUT2D eigenvalue weighted by Crippen LogP contribution is 2.36. The molecular formula is C18H29BN2O2. The topological polar surface area (TPSA) is 33.7 Å². The number of piperidine rings is 1. The van der Waals surface area contributed by atoms with Crippen LogP contribution in [0.15, 0.2) is 24.3 Å². The van der Waals surface area contributed by atoms with Crippen molar-refractivity contribution in [3.05, 3.63) is 24.3 Å². The molecule has 0 aromatic heterocycles. The standard InChI is InChI=1S/C18H29BN2O2/c1-17(2)18(3,4)23-19(22-17)14-6-8-16(9-7-14)21-12-10-15(20-5)11-13-21/h6-9,15,20H,10-13H2,1-5H3. The molecule has 126 valence electrons. The molecule has 2 saturated heterocycles. The van der Waals surface area contributed by atoms with Crippen molar-refractivity contribution < 1.29 is 9.31 Å². The fourth-order valence-corrected chi connectivity index (χ4v) is 3.25. The van der Waals surface area contributed by atoms with Gasteiger partial charge in [0.1, 0.15) is 0 Å². The molecule has 3 rings (SSSR count). The Bertz CT molecular complexity index is 520. The summed E-state index contributed by atoms with van der Waals surface area (Å²) in [4.78, 5) is 2.46. The van der Waals surface area contributed by atoms with Gasteiger partial charge in [-0.05, 0) is 65.2 Å². The van der Waals surface area contributed by atoms with E-state index < -0.39 is 0 Å². The Hall–Kier alpha value is -1.04. The Kier molecular flexibility index (Phi) is 4.47. The van der Waals surface area contributed by atoms with Gasteiger partial charge in [0.2, 0.25) is 0 Å². The first-order valence-corrected chi connectivity index (χ1v) is 8.70. The molecule has 4 nitrogen and oxygen atoms in total. The molecule has 0 radical (unpaired) electrons. The summed E-state index contributed by atoms with van der Waals surface area (Å²) >= 11 is 0. The zero-order valence-corrected chi connectivity index (χ0v) is 15.1. The first-order chi connectivity index (χ1) is 10.8. The molecule has 0 saturated carbocycles. The van der Waals surface area contributed by atoms with Gasteiger partial charge in [-0.25, -0.2) is 0 Å². The minimum Gasteiger partial charge on any atom is -0.399 e. The van der Waals surface area contributed by atoms with Crippen molar-refractivity contribution in [3.8, 4) is 0 Å². The van der Waals surface area contributed by atoms with E-state index in [0.29, 0.717) is 6.04 Å². The lowest BCUT2D eigenvalue weighted by atomic mass is 9.79. The third-order valence-electron chi connectivity index (χ3n) is 5.69. The van der Waals surface area contributed by atoms with Crippen LogP contribution in [-0.4, -0.2) is 44.5 Å². The first kappa shape index (κ1) is 16.8. The highest BCUT2D eigenvalue weighted by Gasteiger charge is 2.51. The van der Waals surface area contributed by atoms with Crippen LogP contribution in [0.5, 0.6) is 0 Å². The molecule has 0 atom stereocenters. The third kappa shape index (κ3) is 3.28. The van der Waals surface area contributed by atoms with Crippen LogP contribution >= 0.6 is 0 Å². The van der Waals surface area contributed by atoms with Crippen LogP contribution in [-0.2, 0) is 9.31 Å². The lowest BCUT2D eigenvalue weighted by Gasteiger charge is -2.33. The molecule has 0 spiro atoms. The minimum absolute atomic E-state index is 0.274. The minimum atomic E-state index is -0.286. The smallest absolute Gasteiger partial charge is 0.399 e. The monoisotopic (exact) mass is 316 g/mol. The number of hydrogen-bond acceptors (Lipinski definition) is 4. The Morgan fingerprint density at radius 3 is 2.00 bits per heavy atom. The predicted molar refractivity (Wildman–Crippen MR) is 96.5 cm³/mol. The van der Waals surface area contributed by atoms with Crippen LogP contribution in [0.25, 0.3) is 0 Å². The molecule has 1 aromatic rings. The van der Waals surface area contributed by atoms with Gasteiger partial charge in [-0.2, -0.15) is 0 Å². The molecule has 0 unspecified atom stereocenters. The molecule has 1 aromatic carbocycles. The zero-order valence-electron chi connectivity index (χ0n) is 15.1. The van der Waals surface area contributed by atoms with E-state index in [4.69, 9.17) is 9.31 Å². The van der Waals surface area contributed by atoms with E-state index in [1.807, 2.05) is 0 Å². The van der Waals surface area contributed by atoms with Crippen LogP contribution in [0.2, 0.25) is 0 Å². The number of nitrogens with one attached hydrogen (secondary N) is 1. The summed E-state index contributed by atoms with van der Waals surface area (Å²) in [6.45, 7) is 10.6. The number of anilines is 1.